The molecule has 2 aliphatic rings. The second kappa shape index (κ2) is 3.92. The number of hydrogen-bond donors (Lipinski definition) is 5. The fourth-order valence-electron chi connectivity index (χ4n) is 3.09. The van der Waals surface area contributed by atoms with Crippen LogP contribution in [-0.2, 0) is 14.4 Å². The number of carbonyl (C=O) groups excluding carboxylic acids is 1. The zero-order valence-electron chi connectivity index (χ0n) is 9.37. The highest BCUT2D eigenvalue weighted by molar-refractivity contribution is 5.91. The van der Waals surface area contributed by atoms with Gasteiger partial charge in [0.25, 0.3) is 0 Å². The minimum Gasteiger partial charge on any atom is -0.481 e. The molecular formula is C10H14N2O6. The number of fused-ring (bicyclic) bond motifs is 1. The normalized spacial score (nSPS) is 41.0. The average Bonchev–Trinajstić information content (AvgIpc) is 2.97. The maximum Gasteiger partial charge on any atom is 0.329 e. The molecule has 2 saturated carbocycles. The van der Waals surface area contributed by atoms with E-state index >= 15 is 0 Å². The second-order valence-corrected chi connectivity index (χ2v) is 4.77. The summed E-state index contributed by atoms with van der Waals surface area (Å²) in [5.41, 5.74) is 3.39. The molecule has 8 heteroatoms. The second-order valence-electron chi connectivity index (χ2n) is 4.77. The minimum atomic E-state index is -1.72. The number of carboxylic acid groups (broad SMARTS) is 2. The van der Waals surface area contributed by atoms with Crippen LogP contribution in [0.5, 0.6) is 0 Å². The molecule has 0 aromatic carbocycles. The van der Waals surface area contributed by atoms with Gasteiger partial charge in [0, 0.05) is 18.3 Å². The first kappa shape index (κ1) is 12.8. The average molecular weight is 258 g/mol. The molecule has 18 heavy (non-hydrogen) atoms. The third-order valence-electron chi connectivity index (χ3n) is 3.83. The van der Waals surface area contributed by atoms with Crippen LogP contribution in [-0.4, -0.2) is 51.4 Å². The van der Waals surface area contributed by atoms with Gasteiger partial charge in [-0.05, 0) is 0 Å². The Bertz CT molecular complexity index is 425. The van der Waals surface area contributed by atoms with Gasteiger partial charge in [-0.3, -0.25) is 9.59 Å². The number of rotatable bonds is 4. The summed E-state index contributed by atoms with van der Waals surface area (Å²) in [5.74, 6) is -5.49. The smallest absolute Gasteiger partial charge is 0.329 e. The van der Waals surface area contributed by atoms with E-state index in [0.29, 0.717) is 0 Å². The molecular weight excluding hydrogens is 244 g/mol. The fourth-order valence-corrected chi connectivity index (χ4v) is 3.09. The van der Waals surface area contributed by atoms with Crippen LogP contribution in [0.15, 0.2) is 0 Å². The van der Waals surface area contributed by atoms with Crippen molar-refractivity contribution in [3.8, 4) is 0 Å². The van der Waals surface area contributed by atoms with E-state index in [0.717, 1.165) is 0 Å². The van der Waals surface area contributed by atoms with Crippen LogP contribution in [0, 0.1) is 17.8 Å². The quantitative estimate of drug-likeness (QED) is 0.377. The van der Waals surface area contributed by atoms with Gasteiger partial charge in [0.1, 0.15) is 5.54 Å². The molecule has 0 radical (unpaired) electrons. The molecule has 0 bridgehead atoms. The molecule has 0 spiro atoms. The van der Waals surface area contributed by atoms with E-state index in [-0.39, 0.29) is 13.0 Å². The number of carbonyl (C=O) groups is 3. The number of aliphatic hydroxyl groups is 1. The van der Waals surface area contributed by atoms with Gasteiger partial charge in [0.2, 0.25) is 5.91 Å². The lowest BCUT2D eigenvalue weighted by Crippen LogP contribution is -2.57. The van der Waals surface area contributed by atoms with Crippen molar-refractivity contribution in [2.45, 2.75) is 18.1 Å². The first-order valence-corrected chi connectivity index (χ1v) is 5.50. The molecule has 2 fully saturated rings. The van der Waals surface area contributed by atoms with E-state index in [4.69, 9.17) is 10.8 Å². The maximum atomic E-state index is 11.4. The van der Waals surface area contributed by atoms with Crippen LogP contribution in [0.1, 0.15) is 6.42 Å². The van der Waals surface area contributed by atoms with Crippen molar-refractivity contribution in [2.75, 3.05) is 6.54 Å². The van der Waals surface area contributed by atoms with Gasteiger partial charge in [-0.15, -0.1) is 0 Å². The van der Waals surface area contributed by atoms with Gasteiger partial charge in [-0.25, -0.2) is 4.79 Å². The Labute approximate surface area is 102 Å². The van der Waals surface area contributed by atoms with Crippen molar-refractivity contribution in [1.29, 1.82) is 0 Å². The summed E-state index contributed by atoms with van der Waals surface area (Å²) in [6.45, 7) is -0.389. The van der Waals surface area contributed by atoms with Crippen molar-refractivity contribution >= 4 is 17.8 Å². The van der Waals surface area contributed by atoms with Gasteiger partial charge in [-0.1, -0.05) is 0 Å². The fraction of sp³-hybridized carbons (Fsp3) is 0.700. The van der Waals surface area contributed by atoms with Gasteiger partial charge < -0.3 is 26.4 Å². The highest BCUT2D eigenvalue weighted by atomic mass is 16.4. The summed E-state index contributed by atoms with van der Waals surface area (Å²) in [5, 5.41) is 30.2. The molecule has 0 aliphatic heterocycles. The van der Waals surface area contributed by atoms with Crippen molar-refractivity contribution in [3.05, 3.63) is 0 Å². The number of nitrogens with one attached hydrogen (secondary N) is 1. The molecule has 6 N–H and O–H groups in total. The molecule has 100 valence electrons. The van der Waals surface area contributed by atoms with Gasteiger partial charge in [0.05, 0.1) is 18.6 Å². The largest absolute Gasteiger partial charge is 0.481 e. The number of aliphatic hydroxyl groups excluding tert-OH is 1. The van der Waals surface area contributed by atoms with Gasteiger partial charge in [-0.2, -0.15) is 0 Å². The topological polar surface area (TPSA) is 150 Å². The highest BCUT2D eigenvalue weighted by Gasteiger charge is 2.75. The third-order valence-corrected chi connectivity index (χ3v) is 3.83. The molecule has 0 aromatic heterocycles. The summed E-state index contributed by atoms with van der Waals surface area (Å²) in [7, 11) is 0. The van der Waals surface area contributed by atoms with Crippen LogP contribution in [0.2, 0.25) is 0 Å². The number of carboxylic acids is 2. The lowest BCUT2D eigenvalue weighted by Gasteiger charge is -2.29. The van der Waals surface area contributed by atoms with E-state index in [2.05, 4.69) is 5.32 Å². The van der Waals surface area contributed by atoms with E-state index < -0.39 is 47.2 Å². The van der Waals surface area contributed by atoms with Crippen molar-refractivity contribution in [1.82, 2.24) is 5.32 Å². The Morgan fingerprint density at radius 3 is 2.33 bits per heavy atom. The first-order valence-electron chi connectivity index (χ1n) is 5.50. The number of aliphatic carboxylic acids is 2. The summed E-state index contributed by atoms with van der Waals surface area (Å²) in [4.78, 5) is 33.6. The Hall–Kier alpha value is -1.67. The number of hydrogen-bond acceptors (Lipinski definition) is 5. The van der Waals surface area contributed by atoms with Crippen molar-refractivity contribution in [2.24, 2.45) is 23.5 Å². The van der Waals surface area contributed by atoms with Gasteiger partial charge in [0.15, 0.2) is 0 Å². The molecule has 0 aromatic rings. The van der Waals surface area contributed by atoms with E-state index in [1.165, 1.54) is 0 Å². The summed E-state index contributed by atoms with van der Waals surface area (Å²) in [6.07, 6.45) is -1.22. The molecule has 1 amide bonds. The molecule has 2 aliphatic carbocycles. The summed E-state index contributed by atoms with van der Waals surface area (Å²) >= 11 is 0. The Balaban J connectivity index is 2.29. The van der Waals surface area contributed by atoms with Crippen LogP contribution >= 0.6 is 0 Å². The van der Waals surface area contributed by atoms with Crippen LogP contribution in [0.4, 0.5) is 0 Å². The van der Waals surface area contributed by atoms with E-state index in [9.17, 15) is 24.6 Å². The molecule has 5 unspecified atom stereocenters. The standard InChI is InChI=1S/C10H14N2O6/c11-2-4(14)12-10(9(17)18)1-3(13)5-6(7(5)10)8(15)16/h3,5-7,13H,1-2,11H2,(H,12,14)(H,15,16)(H,17,18). The molecule has 0 saturated heterocycles. The summed E-state index contributed by atoms with van der Waals surface area (Å²) < 4.78 is 0. The number of nitrogens with two attached hydrogens (primary N) is 1. The zero-order valence-corrected chi connectivity index (χ0v) is 9.37. The predicted molar refractivity (Wildman–Crippen MR) is 56.3 cm³/mol. The Morgan fingerprint density at radius 2 is 1.94 bits per heavy atom. The first-order chi connectivity index (χ1) is 8.35. The van der Waals surface area contributed by atoms with Gasteiger partial charge >= 0.3 is 11.9 Å². The van der Waals surface area contributed by atoms with Crippen LogP contribution in [0.25, 0.3) is 0 Å². The third kappa shape index (κ3) is 1.57. The summed E-state index contributed by atoms with van der Waals surface area (Å²) in [6, 6.07) is 0. The highest BCUT2D eigenvalue weighted by Crippen LogP contribution is 2.62. The van der Waals surface area contributed by atoms with Crippen LogP contribution < -0.4 is 11.1 Å². The molecule has 0 heterocycles. The Kier molecular flexibility index (Phi) is 2.78. The van der Waals surface area contributed by atoms with Crippen LogP contribution in [0.3, 0.4) is 0 Å². The van der Waals surface area contributed by atoms with Crippen molar-refractivity contribution in [3.63, 3.8) is 0 Å². The number of amides is 1. The lowest BCUT2D eigenvalue weighted by atomic mass is 9.89. The van der Waals surface area contributed by atoms with E-state index in [1.54, 1.807) is 0 Å². The minimum absolute atomic E-state index is 0.187. The maximum absolute atomic E-state index is 11.4. The molecule has 5 atom stereocenters. The zero-order chi connectivity index (χ0) is 13.7. The van der Waals surface area contributed by atoms with Crippen molar-refractivity contribution < 1.29 is 29.7 Å². The molecule has 2 rings (SSSR count). The predicted octanol–water partition coefficient (Wildman–Crippen LogP) is -2.40. The van der Waals surface area contributed by atoms with E-state index in [1.807, 2.05) is 0 Å². The SMILES string of the molecule is NCC(=O)NC1(C(=O)O)CC(O)C2C(C(=O)O)C21. The molecule has 8 nitrogen and oxygen atoms in total. The Morgan fingerprint density at radius 1 is 1.33 bits per heavy atom. The monoisotopic (exact) mass is 258 g/mol. The lowest BCUT2D eigenvalue weighted by molar-refractivity contribution is -0.150.